The van der Waals surface area contributed by atoms with Gasteiger partial charge in [-0.25, -0.2) is 9.97 Å². The van der Waals surface area contributed by atoms with Crippen molar-refractivity contribution >= 4 is 43.4 Å². The summed E-state index contributed by atoms with van der Waals surface area (Å²) >= 11 is 7.24. The van der Waals surface area contributed by atoms with E-state index in [2.05, 4.69) is 16.0 Å². The highest BCUT2D eigenvalue weighted by atomic mass is 35.5. The van der Waals surface area contributed by atoms with Crippen LogP contribution in [0.5, 0.6) is 5.88 Å². The number of nitriles is 1. The van der Waals surface area contributed by atoms with E-state index in [1.807, 2.05) is 37.3 Å². The molecule has 3 aromatic heterocycles. The second kappa shape index (κ2) is 8.08. The van der Waals surface area contributed by atoms with E-state index in [0.717, 1.165) is 11.1 Å². The molecule has 0 atom stereocenters. The Morgan fingerprint density at radius 2 is 1.84 bits per heavy atom. The number of aromatic nitrogens is 3. The number of rotatable bonds is 4. The first-order valence-electron chi connectivity index (χ1n) is 9.85. The molecule has 0 radical (unpaired) electrons. The average Bonchev–Trinajstić information content (AvgIpc) is 3.18. The van der Waals surface area contributed by atoms with Crippen LogP contribution in [-0.2, 0) is 0 Å². The normalized spacial score (nSPS) is 11.0. The lowest BCUT2D eigenvalue weighted by molar-refractivity contribution is 0.327. The number of hydrogen-bond acceptors (Lipinski definition) is 6. The molecule has 8 heteroatoms. The van der Waals surface area contributed by atoms with E-state index in [4.69, 9.17) is 21.3 Å². The van der Waals surface area contributed by atoms with Crippen molar-refractivity contribution in [2.75, 3.05) is 6.61 Å². The van der Waals surface area contributed by atoms with Gasteiger partial charge in [-0.3, -0.25) is 4.79 Å². The van der Waals surface area contributed by atoms with Crippen molar-refractivity contribution in [1.29, 1.82) is 5.26 Å². The Hall–Kier alpha value is -3.73. The number of nitrogens with zero attached hydrogens (tertiary/aromatic N) is 3. The van der Waals surface area contributed by atoms with Crippen molar-refractivity contribution in [3.63, 3.8) is 0 Å². The van der Waals surface area contributed by atoms with Gasteiger partial charge < -0.3 is 9.72 Å². The molecule has 1 N–H and O–H groups in total. The molecule has 0 fully saturated rings. The second-order valence-corrected chi connectivity index (χ2v) is 8.39. The summed E-state index contributed by atoms with van der Waals surface area (Å²) in [6, 6.07) is 18.9. The highest BCUT2D eigenvalue weighted by Crippen LogP contribution is 2.42. The molecule has 2 aromatic carbocycles. The molecule has 0 bridgehead atoms. The van der Waals surface area contributed by atoms with Crippen molar-refractivity contribution in [1.82, 2.24) is 15.0 Å². The van der Waals surface area contributed by atoms with E-state index in [1.54, 1.807) is 24.3 Å². The third-order valence-electron chi connectivity index (χ3n) is 5.02. The van der Waals surface area contributed by atoms with E-state index in [-0.39, 0.29) is 11.4 Å². The van der Waals surface area contributed by atoms with Crippen LogP contribution >= 0.6 is 22.9 Å². The van der Waals surface area contributed by atoms with Crippen LogP contribution < -0.4 is 10.3 Å². The fourth-order valence-electron chi connectivity index (χ4n) is 3.64. The van der Waals surface area contributed by atoms with Gasteiger partial charge >= 0.3 is 0 Å². The van der Waals surface area contributed by atoms with Gasteiger partial charge in [0.2, 0.25) is 5.88 Å². The van der Waals surface area contributed by atoms with Crippen LogP contribution in [0.1, 0.15) is 12.5 Å². The van der Waals surface area contributed by atoms with Gasteiger partial charge in [0.15, 0.2) is 0 Å². The van der Waals surface area contributed by atoms with Crippen LogP contribution in [0.25, 0.3) is 42.9 Å². The van der Waals surface area contributed by atoms with E-state index >= 15 is 0 Å². The summed E-state index contributed by atoms with van der Waals surface area (Å²) in [7, 11) is 0. The van der Waals surface area contributed by atoms with Crippen LogP contribution in [0, 0.1) is 11.3 Å². The van der Waals surface area contributed by atoms with Gasteiger partial charge in [-0.2, -0.15) is 5.26 Å². The molecule has 0 unspecified atom stereocenters. The quantitative estimate of drug-likeness (QED) is 0.368. The first-order chi connectivity index (χ1) is 15.6. The molecule has 5 rings (SSSR count). The number of benzene rings is 2. The molecule has 0 aliphatic carbocycles. The van der Waals surface area contributed by atoms with Crippen LogP contribution in [0.4, 0.5) is 0 Å². The number of pyridine rings is 1. The van der Waals surface area contributed by atoms with Gasteiger partial charge in [0.1, 0.15) is 27.0 Å². The average molecular weight is 459 g/mol. The highest BCUT2D eigenvalue weighted by Gasteiger charge is 2.23. The number of thiophene rings is 1. The Labute approximate surface area is 191 Å². The van der Waals surface area contributed by atoms with Crippen molar-refractivity contribution in [2.45, 2.75) is 6.92 Å². The SMILES string of the molecule is CCOc1nc2sc3c(=O)[nH]c(-c4ccc(Cl)cc4)nc3c2c(-c2ccccc2)c1C#N. The number of fused-ring (bicyclic) bond motifs is 3. The summed E-state index contributed by atoms with van der Waals surface area (Å²) in [5.41, 5.74) is 2.78. The number of nitrogens with one attached hydrogen (secondary N) is 1. The summed E-state index contributed by atoms with van der Waals surface area (Å²) < 4.78 is 6.13. The molecule has 0 aliphatic rings. The zero-order valence-corrected chi connectivity index (χ0v) is 18.4. The lowest BCUT2D eigenvalue weighted by Gasteiger charge is -2.11. The topological polar surface area (TPSA) is 91.7 Å². The Morgan fingerprint density at radius 3 is 2.53 bits per heavy atom. The first-order valence-corrected chi connectivity index (χ1v) is 11.0. The van der Waals surface area contributed by atoms with Gasteiger partial charge in [-0.1, -0.05) is 41.9 Å². The van der Waals surface area contributed by atoms with Crippen molar-refractivity contribution in [3.8, 4) is 34.5 Å². The number of H-pyrrole nitrogens is 1. The molecule has 0 aliphatic heterocycles. The Morgan fingerprint density at radius 1 is 1.09 bits per heavy atom. The Bertz CT molecular complexity index is 1570. The number of ether oxygens (including phenoxy) is 1. The third-order valence-corrected chi connectivity index (χ3v) is 6.34. The standard InChI is InChI=1S/C24H15ClN4O2S/c1-2-31-23-16(12-26)17(13-6-4-3-5-7-13)18-19-20(32-24(18)29-23)22(30)28-21(27-19)14-8-10-15(25)11-9-14/h3-11H,2H2,1H3,(H,27,28,30). The maximum absolute atomic E-state index is 13.0. The van der Waals surface area contributed by atoms with Crippen molar-refractivity contribution in [3.05, 3.63) is 75.5 Å². The molecule has 0 spiro atoms. The molecule has 6 nitrogen and oxygen atoms in total. The van der Waals surface area contributed by atoms with E-state index in [1.165, 1.54) is 11.3 Å². The molecular weight excluding hydrogens is 444 g/mol. The van der Waals surface area contributed by atoms with E-state index in [0.29, 0.717) is 49.0 Å². The van der Waals surface area contributed by atoms with E-state index < -0.39 is 0 Å². The number of hydrogen-bond donors (Lipinski definition) is 1. The molecule has 5 aromatic rings. The maximum Gasteiger partial charge on any atom is 0.269 e. The minimum atomic E-state index is -0.265. The van der Waals surface area contributed by atoms with Gasteiger partial charge in [0.25, 0.3) is 5.56 Å². The molecule has 0 saturated carbocycles. The molecule has 156 valence electrons. The first kappa shape index (κ1) is 20.2. The minimum absolute atomic E-state index is 0.252. The summed E-state index contributed by atoms with van der Waals surface area (Å²) in [5, 5.41) is 11.3. The molecule has 3 heterocycles. The fourth-order valence-corrected chi connectivity index (χ4v) is 4.78. The zero-order valence-electron chi connectivity index (χ0n) is 16.8. The van der Waals surface area contributed by atoms with Crippen molar-refractivity contribution < 1.29 is 4.74 Å². The van der Waals surface area contributed by atoms with Gasteiger partial charge in [0.05, 0.1) is 12.1 Å². The van der Waals surface area contributed by atoms with Crippen LogP contribution in [0.15, 0.2) is 59.4 Å². The van der Waals surface area contributed by atoms with Gasteiger partial charge in [-0.05, 0) is 36.8 Å². The lowest BCUT2D eigenvalue weighted by Crippen LogP contribution is -2.07. The predicted octanol–water partition coefficient (Wildman–Crippen LogP) is 5.79. The smallest absolute Gasteiger partial charge is 0.269 e. The lowest BCUT2D eigenvalue weighted by atomic mass is 9.98. The summed E-state index contributed by atoms with van der Waals surface area (Å²) in [6.45, 7) is 2.21. The van der Waals surface area contributed by atoms with Gasteiger partial charge in [0, 0.05) is 21.5 Å². The zero-order chi connectivity index (χ0) is 22.2. The predicted molar refractivity (Wildman–Crippen MR) is 127 cm³/mol. The number of halogens is 1. The maximum atomic E-state index is 13.0. The third kappa shape index (κ3) is 3.30. The van der Waals surface area contributed by atoms with Crippen LogP contribution in [0.3, 0.4) is 0 Å². The minimum Gasteiger partial charge on any atom is -0.477 e. The van der Waals surface area contributed by atoms with E-state index in [9.17, 15) is 10.1 Å². The molecular formula is C24H15ClN4O2S. The Balaban J connectivity index is 1.92. The summed E-state index contributed by atoms with van der Waals surface area (Å²) in [4.78, 5) is 25.8. The monoisotopic (exact) mass is 458 g/mol. The van der Waals surface area contributed by atoms with Crippen molar-refractivity contribution in [2.24, 2.45) is 0 Å². The molecule has 0 amide bonds. The molecule has 0 saturated heterocycles. The molecule has 32 heavy (non-hydrogen) atoms. The van der Waals surface area contributed by atoms with Crippen LogP contribution in [0.2, 0.25) is 5.02 Å². The summed E-state index contributed by atoms with van der Waals surface area (Å²) in [6.07, 6.45) is 0. The summed E-state index contributed by atoms with van der Waals surface area (Å²) in [5.74, 6) is 0.674. The fraction of sp³-hybridized carbons (Fsp3) is 0.0833. The van der Waals surface area contributed by atoms with Gasteiger partial charge in [-0.15, -0.1) is 11.3 Å². The van der Waals surface area contributed by atoms with Crippen LogP contribution in [-0.4, -0.2) is 21.6 Å². The Kier molecular flexibility index (Phi) is 5.10. The highest BCUT2D eigenvalue weighted by molar-refractivity contribution is 7.25. The second-order valence-electron chi connectivity index (χ2n) is 6.96. The number of aromatic amines is 1. The largest absolute Gasteiger partial charge is 0.477 e.